The molecule has 0 spiro atoms. The molecule has 2 heterocycles. The van der Waals surface area contributed by atoms with E-state index in [9.17, 15) is 40.7 Å². The molecule has 0 aromatic carbocycles. The van der Waals surface area contributed by atoms with E-state index in [0.29, 0.717) is 18.7 Å². The molecule has 39 heavy (non-hydrogen) atoms. The van der Waals surface area contributed by atoms with Crippen molar-refractivity contribution in [3.8, 4) is 0 Å². The van der Waals surface area contributed by atoms with E-state index in [1.807, 2.05) is 16.8 Å². The van der Waals surface area contributed by atoms with Gasteiger partial charge in [-0.1, -0.05) is 6.42 Å². The Labute approximate surface area is 229 Å². The van der Waals surface area contributed by atoms with Gasteiger partial charge in [0.15, 0.2) is 0 Å². The predicted octanol–water partition coefficient (Wildman–Crippen LogP) is 3.66. The lowest BCUT2D eigenvalue weighted by Crippen LogP contribution is -2.49. The second kappa shape index (κ2) is 17.4. The lowest BCUT2D eigenvalue weighted by molar-refractivity contribution is -0.192. The summed E-state index contributed by atoms with van der Waals surface area (Å²) < 4.78 is 68.6. The number of carbonyl (C=O) groups is 4. The average Bonchev–Trinajstić information content (AvgIpc) is 3.35. The molecule has 1 aromatic heterocycles. The van der Waals surface area contributed by atoms with Crippen molar-refractivity contribution < 1.29 is 50.6 Å². The highest BCUT2D eigenvalue weighted by Crippen LogP contribution is 2.19. The fraction of sp³-hybridized carbons (Fsp3) is 0.652. The van der Waals surface area contributed by atoms with E-state index in [2.05, 4.69) is 15.5 Å². The third-order valence-corrected chi connectivity index (χ3v) is 7.12. The molecule has 222 valence electrons. The van der Waals surface area contributed by atoms with E-state index in [0.717, 1.165) is 49.8 Å². The van der Waals surface area contributed by atoms with Crippen molar-refractivity contribution in [3.05, 3.63) is 22.4 Å². The summed E-state index contributed by atoms with van der Waals surface area (Å²) in [4.78, 5) is 47.2. The molecule has 0 bridgehead atoms. The SMILES string of the molecule is O=C(Cc1ccsc1)N[C@@H](CCCSCC(=O)C(F)(F)F)C(=O)NCCN1CCCCC1.O=C(O)C(F)(F)F. The summed E-state index contributed by atoms with van der Waals surface area (Å²) in [6, 6.07) is 1.08. The minimum atomic E-state index is -5.08. The molecular formula is C23H31F6N3O5S2. The molecule has 2 rings (SSSR count). The van der Waals surface area contributed by atoms with Gasteiger partial charge >= 0.3 is 18.3 Å². The normalized spacial score (nSPS) is 15.0. The molecule has 16 heteroatoms. The largest absolute Gasteiger partial charge is 0.490 e. The van der Waals surface area contributed by atoms with E-state index in [1.54, 1.807) is 0 Å². The first kappa shape index (κ1) is 34.7. The van der Waals surface area contributed by atoms with Gasteiger partial charge in [0.1, 0.15) is 6.04 Å². The number of likely N-dealkylation sites (tertiary alicyclic amines) is 1. The molecule has 0 aliphatic carbocycles. The minimum Gasteiger partial charge on any atom is -0.475 e. The number of Topliss-reactive ketones (excluding diaryl/α,β-unsaturated/α-hetero) is 1. The van der Waals surface area contributed by atoms with Crippen LogP contribution in [0.25, 0.3) is 0 Å². The number of piperidine rings is 1. The number of alkyl halides is 6. The zero-order chi connectivity index (χ0) is 29.5. The van der Waals surface area contributed by atoms with Crippen molar-refractivity contribution in [3.63, 3.8) is 0 Å². The summed E-state index contributed by atoms with van der Waals surface area (Å²) >= 11 is 2.36. The van der Waals surface area contributed by atoms with Gasteiger partial charge in [-0.3, -0.25) is 14.4 Å². The fourth-order valence-corrected chi connectivity index (χ4v) is 4.91. The maximum Gasteiger partial charge on any atom is 0.490 e. The Hall–Kier alpha value is -2.33. The third-order valence-electron chi connectivity index (χ3n) is 5.35. The number of nitrogens with one attached hydrogen (secondary N) is 2. The molecule has 1 aromatic rings. The van der Waals surface area contributed by atoms with Gasteiger partial charge in [0.05, 0.1) is 12.2 Å². The maximum atomic E-state index is 12.7. The summed E-state index contributed by atoms with van der Waals surface area (Å²) in [5.74, 6) is -5.44. The second-order valence-corrected chi connectivity index (χ2v) is 10.4. The molecule has 1 fully saturated rings. The van der Waals surface area contributed by atoms with Crippen LogP contribution in [0.2, 0.25) is 0 Å². The molecule has 1 aliphatic heterocycles. The standard InChI is InChI=1S/C21H30F3N3O3S2.C2HF3O2/c22-21(23,24)18(28)15-31-11-4-5-17(26-19(29)13-16-6-12-32-14-16)20(30)25-7-10-27-8-2-1-3-9-27;3-2(4,5)1(6)7/h6,12,14,17H,1-5,7-11,13,15H2,(H,25,30)(H,26,29);(H,6,7)/t17-;/m0./s1. The van der Waals surface area contributed by atoms with Crippen LogP contribution in [0.15, 0.2) is 16.8 Å². The van der Waals surface area contributed by atoms with Crippen LogP contribution >= 0.6 is 23.1 Å². The summed E-state index contributed by atoms with van der Waals surface area (Å²) in [5, 5.41) is 16.5. The summed E-state index contributed by atoms with van der Waals surface area (Å²) in [5.41, 5.74) is 0.859. The Morgan fingerprint density at radius 2 is 1.69 bits per heavy atom. The molecular weight excluding hydrogens is 576 g/mol. The van der Waals surface area contributed by atoms with Gasteiger partial charge in [-0.2, -0.15) is 49.4 Å². The number of hydrogen-bond donors (Lipinski definition) is 3. The van der Waals surface area contributed by atoms with Crippen LogP contribution in [0, 0.1) is 0 Å². The Morgan fingerprint density at radius 3 is 2.23 bits per heavy atom. The molecule has 0 radical (unpaired) electrons. The Bertz CT molecular complexity index is 907. The average molecular weight is 608 g/mol. The topological polar surface area (TPSA) is 116 Å². The highest BCUT2D eigenvalue weighted by molar-refractivity contribution is 7.99. The second-order valence-electron chi connectivity index (χ2n) is 8.54. The van der Waals surface area contributed by atoms with Crippen molar-refractivity contribution in [1.29, 1.82) is 0 Å². The number of carboxylic acid groups (broad SMARTS) is 1. The molecule has 0 unspecified atom stereocenters. The van der Waals surface area contributed by atoms with Gasteiger partial charge in [-0.15, -0.1) is 0 Å². The van der Waals surface area contributed by atoms with Gasteiger partial charge < -0.3 is 20.6 Å². The lowest BCUT2D eigenvalue weighted by Gasteiger charge is -2.26. The zero-order valence-electron chi connectivity index (χ0n) is 20.9. The number of hydrogen-bond acceptors (Lipinski definition) is 7. The molecule has 1 aliphatic rings. The van der Waals surface area contributed by atoms with Crippen LogP contribution in [0.4, 0.5) is 26.3 Å². The van der Waals surface area contributed by atoms with Crippen molar-refractivity contribution >= 4 is 46.7 Å². The molecule has 1 atom stereocenters. The predicted molar refractivity (Wildman–Crippen MR) is 135 cm³/mol. The van der Waals surface area contributed by atoms with Gasteiger partial charge in [0.25, 0.3) is 0 Å². The molecule has 1 saturated heterocycles. The van der Waals surface area contributed by atoms with Crippen LogP contribution in [-0.2, 0) is 25.6 Å². The van der Waals surface area contributed by atoms with E-state index >= 15 is 0 Å². The van der Waals surface area contributed by atoms with Gasteiger partial charge in [-0.25, -0.2) is 4.79 Å². The van der Waals surface area contributed by atoms with Crippen molar-refractivity contribution in [1.82, 2.24) is 15.5 Å². The Morgan fingerprint density at radius 1 is 1.05 bits per heavy atom. The molecule has 2 amide bonds. The number of ketones is 1. The van der Waals surface area contributed by atoms with Crippen molar-refractivity contribution in [2.45, 2.75) is 56.9 Å². The first-order valence-electron chi connectivity index (χ1n) is 12.0. The first-order chi connectivity index (χ1) is 18.2. The number of aliphatic carboxylic acids is 1. The molecule has 8 nitrogen and oxygen atoms in total. The summed E-state index contributed by atoms with van der Waals surface area (Å²) in [6.45, 7) is 3.26. The number of thiophene rings is 1. The third kappa shape index (κ3) is 15.8. The number of rotatable bonds is 13. The first-order valence-corrected chi connectivity index (χ1v) is 14.1. The van der Waals surface area contributed by atoms with Crippen LogP contribution < -0.4 is 10.6 Å². The highest BCUT2D eigenvalue weighted by atomic mass is 32.2. The fourth-order valence-electron chi connectivity index (χ4n) is 3.37. The maximum absolute atomic E-state index is 12.7. The minimum absolute atomic E-state index is 0.163. The van der Waals surface area contributed by atoms with Crippen LogP contribution in [0.3, 0.4) is 0 Å². The number of thioether (sulfide) groups is 1. The quantitative estimate of drug-likeness (QED) is 0.232. The number of nitrogens with zero attached hydrogens (tertiary/aromatic N) is 1. The van der Waals surface area contributed by atoms with Gasteiger partial charge in [0, 0.05) is 13.1 Å². The summed E-state index contributed by atoms with van der Waals surface area (Å²) in [7, 11) is 0. The van der Waals surface area contributed by atoms with E-state index < -0.39 is 35.9 Å². The van der Waals surface area contributed by atoms with Crippen molar-refractivity contribution in [2.75, 3.05) is 37.7 Å². The Kier molecular flexibility index (Phi) is 15.5. The zero-order valence-corrected chi connectivity index (χ0v) is 22.5. The molecule has 0 saturated carbocycles. The van der Waals surface area contributed by atoms with Crippen LogP contribution in [0.5, 0.6) is 0 Å². The van der Waals surface area contributed by atoms with Gasteiger partial charge in [-0.05, 0) is 66.9 Å². The van der Waals surface area contributed by atoms with E-state index in [-0.39, 0.29) is 24.7 Å². The summed E-state index contributed by atoms with van der Waals surface area (Å²) in [6.07, 6.45) is -5.51. The number of halogens is 6. The number of carbonyl (C=O) groups excluding carboxylic acids is 3. The monoisotopic (exact) mass is 607 g/mol. The molecule has 3 N–H and O–H groups in total. The van der Waals surface area contributed by atoms with E-state index in [1.165, 1.54) is 17.8 Å². The van der Waals surface area contributed by atoms with Gasteiger partial charge in [0.2, 0.25) is 17.6 Å². The highest BCUT2D eigenvalue weighted by Gasteiger charge is 2.38. The Balaban J connectivity index is 0.000000956. The smallest absolute Gasteiger partial charge is 0.475 e. The van der Waals surface area contributed by atoms with E-state index in [4.69, 9.17) is 9.90 Å². The van der Waals surface area contributed by atoms with Crippen LogP contribution in [0.1, 0.15) is 37.7 Å². The van der Waals surface area contributed by atoms with Crippen molar-refractivity contribution in [2.24, 2.45) is 0 Å². The van der Waals surface area contributed by atoms with Crippen LogP contribution in [-0.4, -0.2) is 89.7 Å². The number of carboxylic acids is 1. The lowest BCUT2D eigenvalue weighted by atomic mass is 10.1. The number of amides is 2.